The first-order chi connectivity index (χ1) is 10.1. The number of hydrogen-bond acceptors (Lipinski definition) is 5. The predicted octanol–water partition coefficient (Wildman–Crippen LogP) is 0.815. The zero-order valence-electron chi connectivity index (χ0n) is 11.5. The van der Waals surface area contributed by atoms with Gasteiger partial charge in [0.25, 0.3) is 0 Å². The number of nitrogens with one attached hydrogen (secondary N) is 2. The average Bonchev–Trinajstić information content (AvgIpc) is 2.93. The van der Waals surface area contributed by atoms with Crippen molar-refractivity contribution in [3.63, 3.8) is 0 Å². The maximum atomic E-state index is 13.3. The molecule has 1 aliphatic heterocycles. The molecular formula is C14H15FN4O2. The number of nitrogens with zero attached hydrogens (tertiary/aromatic N) is 2. The molecule has 1 amide bonds. The third kappa shape index (κ3) is 2.92. The lowest BCUT2D eigenvalue weighted by atomic mass is 10.1. The highest BCUT2D eigenvalue weighted by Crippen LogP contribution is 2.19. The van der Waals surface area contributed by atoms with E-state index in [-0.39, 0.29) is 17.8 Å². The molecule has 6 nitrogen and oxygen atoms in total. The SMILES string of the molecule is Cc1cc(-c2noc(CC3NCCNC3=O)n2)ccc1F. The van der Waals surface area contributed by atoms with Gasteiger partial charge in [0.2, 0.25) is 17.6 Å². The zero-order chi connectivity index (χ0) is 14.8. The highest BCUT2D eigenvalue weighted by atomic mass is 19.1. The molecule has 2 N–H and O–H groups in total. The molecule has 110 valence electrons. The van der Waals surface area contributed by atoms with Gasteiger partial charge in [-0.2, -0.15) is 4.98 Å². The van der Waals surface area contributed by atoms with E-state index in [0.717, 1.165) is 0 Å². The maximum Gasteiger partial charge on any atom is 0.237 e. The summed E-state index contributed by atoms with van der Waals surface area (Å²) in [5.41, 5.74) is 1.21. The number of aryl methyl sites for hydroxylation is 1. The predicted molar refractivity (Wildman–Crippen MR) is 72.9 cm³/mol. The molecule has 21 heavy (non-hydrogen) atoms. The molecule has 1 atom stereocenters. The quantitative estimate of drug-likeness (QED) is 0.874. The average molecular weight is 290 g/mol. The molecular weight excluding hydrogens is 275 g/mol. The topological polar surface area (TPSA) is 80.0 Å². The Hall–Kier alpha value is -2.28. The van der Waals surface area contributed by atoms with Crippen molar-refractivity contribution in [2.75, 3.05) is 13.1 Å². The number of aromatic nitrogens is 2. The van der Waals surface area contributed by atoms with E-state index in [0.29, 0.717) is 42.4 Å². The van der Waals surface area contributed by atoms with Crippen LogP contribution in [0.1, 0.15) is 11.5 Å². The number of amides is 1. The fourth-order valence-electron chi connectivity index (χ4n) is 2.23. The molecule has 0 saturated carbocycles. The highest BCUT2D eigenvalue weighted by molar-refractivity contribution is 5.82. The van der Waals surface area contributed by atoms with Crippen molar-refractivity contribution >= 4 is 5.91 Å². The fraction of sp³-hybridized carbons (Fsp3) is 0.357. The van der Waals surface area contributed by atoms with Crippen molar-refractivity contribution in [2.45, 2.75) is 19.4 Å². The van der Waals surface area contributed by atoms with Gasteiger partial charge >= 0.3 is 0 Å². The number of halogens is 1. The van der Waals surface area contributed by atoms with E-state index in [1.165, 1.54) is 6.07 Å². The maximum absolute atomic E-state index is 13.3. The summed E-state index contributed by atoms with van der Waals surface area (Å²) in [5, 5.41) is 9.74. The van der Waals surface area contributed by atoms with Crippen LogP contribution in [0.15, 0.2) is 22.7 Å². The number of carbonyl (C=O) groups is 1. The van der Waals surface area contributed by atoms with E-state index in [4.69, 9.17) is 4.52 Å². The van der Waals surface area contributed by atoms with Gasteiger partial charge in [0.15, 0.2) is 0 Å². The van der Waals surface area contributed by atoms with Crippen LogP contribution in [0.5, 0.6) is 0 Å². The molecule has 2 heterocycles. The Balaban J connectivity index is 1.76. The first-order valence-corrected chi connectivity index (χ1v) is 6.73. The van der Waals surface area contributed by atoms with Gasteiger partial charge in [-0.05, 0) is 30.7 Å². The summed E-state index contributed by atoms with van der Waals surface area (Å²) in [7, 11) is 0. The molecule has 1 saturated heterocycles. The standard InChI is InChI=1S/C14H15FN4O2/c1-8-6-9(2-3-10(8)15)13-18-12(21-19-13)7-11-14(20)17-5-4-16-11/h2-3,6,11,16H,4-5,7H2,1H3,(H,17,20). The summed E-state index contributed by atoms with van der Waals surface area (Å²) in [4.78, 5) is 15.9. The fourth-order valence-corrected chi connectivity index (χ4v) is 2.23. The molecule has 0 bridgehead atoms. The molecule has 1 unspecified atom stereocenters. The van der Waals surface area contributed by atoms with Crippen LogP contribution >= 0.6 is 0 Å². The van der Waals surface area contributed by atoms with Crippen LogP contribution in [-0.4, -0.2) is 35.2 Å². The molecule has 2 aromatic rings. The molecule has 1 aromatic carbocycles. The molecule has 1 fully saturated rings. The van der Waals surface area contributed by atoms with E-state index in [9.17, 15) is 9.18 Å². The number of hydrogen-bond donors (Lipinski definition) is 2. The highest BCUT2D eigenvalue weighted by Gasteiger charge is 2.24. The lowest BCUT2D eigenvalue weighted by molar-refractivity contribution is -0.124. The summed E-state index contributed by atoms with van der Waals surface area (Å²) in [6, 6.07) is 4.27. The molecule has 0 radical (unpaired) electrons. The number of carbonyl (C=O) groups excluding carboxylic acids is 1. The summed E-state index contributed by atoms with van der Waals surface area (Å²) >= 11 is 0. The minimum absolute atomic E-state index is 0.0707. The minimum atomic E-state index is -0.359. The van der Waals surface area contributed by atoms with Crippen LogP contribution in [-0.2, 0) is 11.2 Å². The Labute approximate surface area is 120 Å². The Kier molecular flexibility index (Phi) is 3.66. The molecule has 0 aliphatic carbocycles. The van der Waals surface area contributed by atoms with Gasteiger partial charge < -0.3 is 15.2 Å². The molecule has 1 aromatic heterocycles. The van der Waals surface area contributed by atoms with E-state index in [1.54, 1.807) is 19.1 Å². The Morgan fingerprint density at radius 1 is 1.43 bits per heavy atom. The van der Waals surface area contributed by atoms with Crippen LogP contribution in [0.4, 0.5) is 4.39 Å². The summed E-state index contributed by atoms with van der Waals surface area (Å²) in [6.07, 6.45) is 0.332. The second-order valence-electron chi connectivity index (χ2n) is 4.98. The molecule has 7 heteroatoms. The summed E-state index contributed by atoms with van der Waals surface area (Å²) in [5.74, 6) is 0.426. The van der Waals surface area contributed by atoms with Crippen LogP contribution in [0, 0.1) is 12.7 Å². The third-order valence-electron chi connectivity index (χ3n) is 3.39. The van der Waals surface area contributed by atoms with Crippen LogP contribution in [0.2, 0.25) is 0 Å². The van der Waals surface area contributed by atoms with Crippen molar-refractivity contribution in [3.8, 4) is 11.4 Å². The first-order valence-electron chi connectivity index (χ1n) is 6.73. The largest absolute Gasteiger partial charge is 0.353 e. The summed E-state index contributed by atoms with van der Waals surface area (Å²) in [6.45, 7) is 3.02. The molecule has 1 aliphatic rings. The van der Waals surface area contributed by atoms with Crippen LogP contribution in [0.25, 0.3) is 11.4 Å². The zero-order valence-corrected chi connectivity index (χ0v) is 11.5. The molecule has 3 rings (SSSR count). The normalized spacial score (nSPS) is 18.6. The smallest absolute Gasteiger partial charge is 0.237 e. The Morgan fingerprint density at radius 2 is 2.29 bits per heavy atom. The van der Waals surface area contributed by atoms with Crippen molar-refractivity contribution in [1.29, 1.82) is 0 Å². The van der Waals surface area contributed by atoms with E-state index in [2.05, 4.69) is 20.8 Å². The summed E-state index contributed by atoms with van der Waals surface area (Å²) < 4.78 is 18.4. The van der Waals surface area contributed by atoms with Crippen LogP contribution < -0.4 is 10.6 Å². The van der Waals surface area contributed by atoms with E-state index in [1.807, 2.05) is 0 Å². The first kappa shape index (κ1) is 13.7. The minimum Gasteiger partial charge on any atom is -0.353 e. The second-order valence-corrected chi connectivity index (χ2v) is 4.98. The van der Waals surface area contributed by atoms with Gasteiger partial charge in [0, 0.05) is 18.7 Å². The van der Waals surface area contributed by atoms with E-state index >= 15 is 0 Å². The van der Waals surface area contributed by atoms with Crippen molar-refractivity contribution in [1.82, 2.24) is 20.8 Å². The van der Waals surface area contributed by atoms with Crippen molar-refractivity contribution < 1.29 is 13.7 Å². The third-order valence-corrected chi connectivity index (χ3v) is 3.39. The van der Waals surface area contributed by atoms with E-state index < -0.39 is 0 Å². The van der Waals surface area contributed by atoms with Gasteiger partial charge in [-0.1, -0.05) is 5.16 Å². The lowest BCUT2D eigenvalue weighted by Crippen LogP contribution is -2.53. The number of rotatable bonds is 3. The van der Waals surface area contributed by atoms with Crippen molar-refractivity contribution in [3.05, 3.63) is 35.5 Å². The van der Waals surface area contributed by atoms with Crippen LogP contribution in [0.3, 0.4) is 0 Å². The number of piperazine rings is 1. The van der Waals surface area contributed by atoms with Gasteiger partial charge in [0.1, 0.15) is 5.82 Å². The lowest BCUT2D eigenvalue weighted by Gasteiger charge is -2.21. The van der Waals surface area contributed by atoms with Gasteiger partial charge in [-0.3, -0.25) is 4.79 Å². The molecule has 0 spiro atoms. The number of benzene rings is 1. The Bertz CT molecular complexity index is 671. The monoisotopic (exact) mass is 290 g/mol. The van der Waals surface area contributed by atoms with Gasteiger partial charge in [-0.25, -0.2) is 4.39 Å². The van der Waals surface area contributed by atoms with Crippen molar-refractivity contribution in [2.24, 2.45) is 0 Å². The van der Waals surface area contributed by atoms with Gasteiger partial charge in [0.05, 0.1) is 12.5 Å². The van der Waals surface area contributed by atoms with Gasteiger partial charge in [-0.15, -0.1) is 0 Å². The Morgan fingerprint density at radius 3 is 3.05 bits per heavy atom. The second kappa shape index (κ2) is 5.61.